The van der Waals surface area contributed by atoms with Crippen molar-refractivity contribution in [3.8, 4) is 0 Å². The third-order valence-corrected chi connectivity index (χ3v) is 5.10. The summed E-state index contributed by atoms with van der Waals surface area (Å²) in [5.74, 6) is -0.117. The number of hydrogen-bond acceptors (Lipinski definition) is 4. The van der Waals surface area contributed by atoms with Crippen molar-refractivity contribution in [2.45, 2.75) is 33.1 Å². The van der Waals surface area contributed by atoms with Gasteiger partial charge in [-0.25, -0.2) is 0 Å². The maximum atomic E-state index is 12.8. The van der Waals surface area contributed by atoms with E-state index in [0.29, 0.717) is 16.6 Å². The van der Waals surface area contributed by atoms with Crippen LogP contribution in [0.25, 0.3) is 0 Å². The van der Waals surface area contributed by atoms with Crippen LogP contribution in [0, 0.1) is 13.8 Å². The number of hydrogen-bond donors (Lipinski definition) is 1. The van der Waals surface area contributed by atoms with Gasteiger partial charge >= 0.3 is 0 Å². The Morgan fingerprint density at radius 1 is 1.10 bits per heavy atom. The standard InChI is InChI=1S/C22H27ClN2O3S/c1-14-10-15(2)12-19(11-14)25(16(3)26)21(17-6-8-18(23)9-7-17)22(29)24-13-20(27-4)28-5/h6-12,20-21H,13H2,1-5H3,(H,24,29). The first-order valence-electron chi connectivity index (χ1n) is 9.23. The topological polar surface area (TPSA) is 50.8 Å². The van der Waals surface area contributed by atoms with E-state index < -0.39 is 12.3 Å². The average molecular weight is 435 g/mol. The second kappa shape index (κ2) is 10.7. The van der Waals surface area contributed by atoms with Crippen molar-refractivity contribution >= 4 is 40.4 Å². The Morgan fingerprint density at radius 2 is 1.66 bits per heavy atom. The van der Waals surface area contributed by atoms with Crippen LogP contribution in [0.3, 0.4) is 0 Å². The van der Waals surface area contributed by atoms with E-state index in [2.05, 4.69) is 11.4 Å². The molecule has 0 heterocycles. The molecular formula is C22H27ClN2O3S. The van der Waals surface area contributed by atoms with Crippen molar-refractivity contribution < 1.29 is 14.3 Å². The summed E-state index contributed by atoms with van der Waals surface area (Å²) in [6.45, 7) is 5.90. The van der Waals surface area contributed by atoms with E-state index in [1.165, 1.54) is 6.92 Å². The summed E-state index contributed by atoms with van der Waals surface area (Å²) in [4.78, 5) is 15.0. The molecule has 0 saturated carbocycles. The van der Waals surface area contributed by atoms with Gasteiger partial charge in [0, 0.05) is 31.9 Å². The predicted octanol–water partition coefficient (Wildman–Crippen LogP) is 4.59. The number of ether oxygens (including phenoxy) is 2. The minimum atomic E-state index is -0.504. The van der Waals surface area contributed by atoms with Gasteiger partial charge in [0.1, 0.15) is 11.0 Å². The number of thiocarbonyl (C=S) groups is 1. The van der Waals surface area contributed by atoms with Crippen molar-refractivity contribution in [3.05, 3.63) is 64.2 Å². The fraction of sp³-hybridized carbons (Fsp3) is 0.364. The normalized spacial score (nSPS) is 12.0. The van der Waals surface area contributed by atoms with Crippen LogP contribution in [0.5, 0.6) is 0 Å². The molecule has 0 spiro atoms. The number of benzene rings is 2. The van der Waals surface area contributed by atoms with Gasteiger partial charge in [0.05, 0.1) is 6.54 Å². The largest absolute Gasteiger partial charge is 0.373 e. The fourth-order valence-corrected chi connectivity index (χ4v) is 3.66. The molecule has 0 saturated heterocycles. The first kappa shape index (κ1) is 23.3. The number of rotatable bonds is 8. The van der Waals surface area contributed by atoms with Gasteiger partial charge in [-0.2, -0.15) is 0 Å². The third kappa shape index (κ3) is 6.24. The molecule has 29 heavy (non-hydrogen) atoms. The minimum Gasteiger partial charge on any atom is -0.373 e. The Balaban J connectivity index is 2.49. The highest BCUT2D eigenvalue weighted by atomic mass is 35.5. The number of methoxy groups -OCH3 is 2. The molecule has 1 atom stereocenters. The summed E-state index contributed by atoms with van der Waals surface area (Å²) >= 11 is 11.8. The molecule has 0 aromatic heterocycles. The molecule has 2 rings (SSSR count). The zero-order valence-electron chi connectivity index (χ0n) is 17.4. The highest BCUT2D eigenvalue weighted by molar-refractivity contribution is 7.80. The molecule has 156 valence electrons. The Bertz CT molecular complexity index is 833. The van der Waals surface area contributed by atoms with E-state index in [9.17, 15) is 4.79 Å². The third-order valence-electron chi connectivity index (χ3n) is 4.48. The molecule has 0 radical (unpaired) electrons. The number of nitrogens with zero attached hydrogens (tertiary/aromatic N) is 1. The van der Waals surface area contributed by atoms with E-state index in [0.717, 1.165) is 22.4 Å². The molecule has 2 aromatic carbocycles. The van der Waals surface area contributed by atoms with E-state index >= 15 is 0 Å². The number of nitrogens with one attached hydrogen (secondary N) is 1. The molecule has 0 fully saturated rings. The van der Waals surface area contributed by atoms with Gasteiger partial charge in [0.25, 0.3) is 0 Å². The average Bonchev–Trinajstić information content (AvgIpc) is 2.66. The fourth-order valence-electron chi connectivity index (χ4n) is 3.21. The quantitative estimate of drug-likeness (QED) is 0.486. The lowest BCUT2D eigenvalue weighted by molar-refractivity contribution is -0.116. The number of aryl methyl sites for hydroxylation is 2. The van der Waals surface area contributed by atoms with Crippen LogP contribution in [0.2, 0.25) is 5.02 Å². The Kier molecular flexibility index (Phi) is 8.59. The van der Waals surface area contributed by atoms with Crippen molar-refractivity contribution in [2.24, 2.45) is 0 Å². The smallest absolute Gasteiger partial charge is 0.224 e. The number of anilines is 1. The lowest BCUT2D eigenvalue weighted by Gasteiger charge is -2.33. The predicted molar refractivity (Wildman–Crippen MR) is 122 cm³/mol. The van der Waals surface area contributed by atoms with Gasteiger partial charge in [-0.1, -0.05) is 42.0 Å². The SMILES string of the molecule is COC(CNC(=S)C(c1ccc(Cl)cc1)N(C(C)=O)c1cc(C)cc(C)c1)OC. The van der Waals surface area contributed by atoms with Gasteiger partial charge in [0.2, 0.25) is 5.91 Å². The van der Waals surface area contributed by atoms with Crippen LogP contribution in [0.4, 0.5) is 5.69 Å². The van der Waals surface area contributed by atoms with E-state index in [1.54, 1.807) is 31.3 Å². The highest BCUT2D eigenvalue weighted by Crippen LogP contribution is 2.31. The first-order chi connectivity index (χ1) is 13.8. The first-order valence-corrected chi connectivity index (χ1v) is 10.0. The molecule has 1 amide bonds. The molecule has 7 heteroatoms. The Labute approximate surface area is 182 Å². The zero-order valence-corrected chi connectivity index (χ0v) is 18.9. The van der Waals surface area contributed by atoms with Crippen molar-refractivity contribution in [1.29, 1.82) is 0 Å². The number of carbonyl (C=O) groups is 1. The summed E-state index contributed by atoms with van der Waals surface area (Å²) in [7, 11) is 3.12. The zero-order chi connectivity index (χ0) is 21.6. The number of halogens is 1. The van der Waals surface area contributed by atoms with Gasteiger partial charge in [0.15, 0.2) is 6.29 Å². The van der Waals surface area contributed by atoms with Crippen molar-refractivity contribution in [2.75, 3.05) is 25.7 Å². The summed E-state index contributed by atoms with van der Waals surface area (Å²) < 4.78 is 10.5. The molecule has 1 N–H and O–H groups in total. The molecule has 0 aliphatic carbocycles. The minimum absolute atomic E-state index is 0.117. The summed E-state index contributed by atoms with van der Waals surface area (Å²) in [5, 5.41) is 3.80. The molecule has 1 unspecified atom stereocenters. The number of carbonyl (C=O) groups excluding carboxylic acids is 1. The molecule has 0 aliphatic rings. The second-order valence-electron chi connectivity index (χ2n) is 6.84. The van der Waals surface area contributed by atoms with Crippen LogP contribution >= 0.6 is 23.8 Å². The molecule has 0 bridgehead atoms. The molecule has 0 aliphatic heterocycles. The van der Waals surface area contributed by atoms with Crippen molar-refractivity contribution in [1.82, 2.24) is 5.32 Å². The Hall–Kier alpha value is -1.99. The summed E-state index contributed by atoms with van der Waals surface area (Å²) in [5.41, 5.74) is 3.78. The summed E-state index contributed by atoms with van der Waals surface area (Å²) in [6, 6.07) is 12.9. The molecule has 2 aromatic rings. The van der Waals surface area contributed by atoms with Crippen LogP contribution in [-0.4, -0.2) is 38.0 Å². The van der Waals surface area contributed by atoms with E-state index in [1.807, 2.05) is 38.1 Å². The maximum Gasteiger partial charge on any atom is 0.224 e. The van der Waals surface area contributed by atoms with Crippen LogP contribution in [-0.2, 0) is 14.3 Å². The summed E-state index contributed by atoms with van der Waals surface area (Å²) in [6.07, 6.45) is -0.453. The van der Waals surface area contributed by atoms with Gasteiger partial charge < -0.3 is 14.8 Å². The van der Waals surface area contributed by atoms with Crippen LogP contribution < -0.4 is 10.2 Å². The van der Waals surface area contributed by atoms with E-state index in [-0.39, 0.29) is 5.91 Å². The van der Waals surface area contributed by atoms with Gasteiger partial charge in [-0.3, -0.25) is 9.69 Å². The Morgan fingerprint density at radius 3 is 2.14 bits per heavy atom. The lowest BCUT2D eigenvalue weighted by Crippen LogP contribution is -2.44. The van der Waals surface area contributed by atoms with Crippen LogP contribution in [0.15, 0.2) is 42.5 Å². The van der Waals surface area contributed by atoms with E-state index in [4.69, 9.17) is 33.3 Å². The molecular weight excluding hydrogens is 408 g/mol. The second-order valence-corrected chi connectivity index (χ2v) is 7.71. The monoisotopic (exact) mass is 434 g/mol. The maximum absolute atomic E-state index is 12.8. The van der Waals surface area contributed by atoms with Crippen LogP contribution in [0.1, 0.15) is 29.7 Å². The lowest BCUT2D eigenvalue weighted by atomic mass is 10.0. The van der Waals surface area contributed by atoms with Crippen molar-refractivity contribution in [3.63, 3.8) is 0 Å². The highest BCUT2D eigenvalue weighted by Gasteiger charge is 2.29. The van der Waals surface area contributed by atoms with Gasteiger partial charge in [-0.05, 0) is 54.8 Å². The number of amides is 1. The van der Waals surface area contributed by atoms with Gasteiger partial charge in [-0.15, -0.1) is 0 Å². The molecule has 5 nitrogen and oxygen atoms in total.